The Bertz CT molecular complexity index is 632. The standard InChI is InChI=1S/C15H14BrN3O.ClH/c1-12(13-6-5-7-14(16)10-13)17-18-15(20)11-19-8-3-2-4-9-19;/h2-10H,11H2,1H3;1H/b17-12-;. The molecule has 0 bridgehead atoms. The van der Waals surface area contributed by atoms with Gasteiger partial charge in [0, 0.05) is 16.6 Å². The fourth-order valence-corrected chi connectivity index (χ4v) is 2.06. The molecule has 0 atom stereocenters. The molecule has 1 heterocycles. The minimum Gasteiger partial charge on any atom is -1.00 e. The molecule has 0 saturated carbocycles. The summed E-state index contributed by atoms with van der Waals surface area (Å²) in [4.78, 5) is 11.8. The van der Waals surface area contributed by atoms with Gasteiger partial charge in [-0.2, -0.15) is 9.67 Å². The first-order chi connectivity index (χ1) is 9.65. The lowest BCUT2D eigenvalue weighted by atomic mass is 10.1. The van der Waals surface area contributed by atoms with Crippen molar-refractivity contribution in [3.63, 3.8) is 0 Å². The number of carbonyl (C=O) groups is 1. The van der Waals surface area contributed by atoms with Crippen molar-refractivity contribution in [2.24, 2.45) is 5.10 Å². The second-order valence-corrected chi connectivity index (χ2v) is 5.21. The Hall–Kier alpha value is -1.72. The number of hydrogen-bond acceptors (Lipinski definition) is 2. The zero-order chi connectivity index (χ0) is 14.4. The summed E-state index contributed by atoms with van der Waals surface area (Å²) < 4.78 is 2.77. The number of nitrogens with one attached hydrogen (secondary N) is 1. The van der Waals surface area contributed by atoms with Gasteiger partial charge in [0.1, 0.15) is 0 Å². The third kappa shape index (κ3) is 5.65. The Labute approximate surface area is 138 Å². The number of amides is 1. The van der Waals surface area contributed by atoms with Gasteiger partial charge in [-0.1, -0.05) is 34.1 Å². The lowest BCUT2D eigenvalue weighted by molar-refractivity contribution is -0.684. The van der Waals surface area contributed by atoms with Crippen molar-refractivity contribution in [3.05, 3.63) is 64.9 Å². The number of pyridine rings is 1. The van der Waals surface area contributed by atoms with Crippen LogP contribution in [0.5, 0.6) is 0 Å². The van der Waals surface area contributed by atoms with Crippen LogP contribution >= 0.6 is 15.9 Å². The molecule has 0 radical (unpaired) electrons. The van der Waals surface area contributed by atoms with Crippen LogP contribution in [-0.4, -0.2) is 11.6 Å². The van der Waals surface area contributed by atoms with Gasteiger partial charge in [0.2, 0.25) is 6.54 Å². The van der Waals surface area contributed by atoms with E-state index >= 15 is 0 Å². The Morgan fingerprint density at radius 1 is 1.24 bits per heavy atom. The highest BCUT2D eigenvalue weighted by Gasteiger charge is 2.07. The van der Waals surface area contributed by atoms with Crippen molar-refractivity contribution in [2.45, 2.75) is 13.5 Å². The molecule has 0 aliphatic rings. The van der Waals surface area contributed by atoms with Crippen molar-refractivity contribution in [2.75, 3.05) is 0 Å². The molecule has 1 amide bonds. The summed E-state index contributed by atoms with van der Waals surface area (Å²) in [5.41, 5.74) is 4.29. The summed E-state index contributed by atoms with van der Waals surface area (Å²) in [6, 6.07) is 13.4. The lowest BCUT2D eigenvalue weighted by Gasteiger charge is -2.02. The van der Waals surface area contributed by atoms with E-state index in [2.05, 4.69) is 26.5 Å². The zero-order valence-electron chi connectivity index (χ0n) is 11.5. The van der Waals surface area contributed by atoms with Crippen molar-refractivity contribution in [1.29, 1.82) is 0 Å². The molecular formula is C15H15BrClN3O. The van der Waals surface area contributed by atoms with E-state index in [1.165, 1.54) is 0 Å². The number of carbonyl (C=O) groups excluding carboxylic acids is 1. The average molecular weight is 369 g/mol. The number of aromatic nitrogens is 1. The number of hydrazone groups is 1. The molecule has 0 fully saturated rings. The molecule has 1 aromatic heterocycles. The lowest BCUT2D eigenvalue weighted by Crippen LogP contribution is -3.00. The minimum atomic E-state index is -0.157. The van der Waals surface area contributed by atoms with Crippen LogP contribution in [0.4, 0.5) is 0 Å². The summed E-state index contributed by atoms with van der Waals surface area (Å²) in [5.74, 6) is -0.157. The predicted octanol–water partition coefficient (Wildman–Crippen LogP) is -0.719. The minimum absolute atomic E-state index is 0. The monoisotopic (exact) mass is 367 g/mol. The molecule has 1 aromatic carbocycles. The first kappa shape index (κ1) is 17.3. The summed E-state index contributed by atoms with van der Waals surface area (Å²) >= 11 is 3.41. The molecule has 0 saturated heterocycles. The summed E-state index contributed by atoms with van der Waals surface area (Å²) in [5, 5.41) is 4.11. The van der Waals surface area contributed by atoms with Crippen molar-refractivity contribution in [3.8, 4) is 0 Å². The van der Waals surface area contributed by atoms with Crippen LogP contribution in [0.3, 0.4) is 0 Å². The number of benzene rings is 1. The summed E-state index contributed by atoms with van der Waals surface area (Å²) in [6.07, 6.45) is 3.68. The van der Waals surface area contributed by atoms with E-state index in [1.54, 1.807) is 4.57 Å². The first-order valence-electron chi connectivity index (χ1n) is 6.18. The quantitative estimate of drug-likeness (QED) is 0.432. The highest BCUT2D eigenvalue weighted by atomic mass is 79.9. The van der Waals surface area contributed by atoms with Crippen LogP contribution in [0.15, 0.2) is 64.4 Å². The number of nitrogens with zero attached hydrogens (tertiary/aromatic N) is 2. The second-order valence-electron chi connectivity index (χ2n) is 4.29. The van der Waals surface area contributed by atoms with Crippen molar-refractivity contribution >= 4 is 27.5 Å². The third-order valence-electron chi connectivity index (χ3n) is 2.69. The number of rotatable bonds is 4. The number of halogens is 2. The number of hydrogen-bond donors (Lipinski definition) is 1. The van der Waals surface area contributed by atoms with E-state index in [-0.39, 0.29) is 24.9 Å². The van der Waals surface area contributed by atoms with Crippen LogP contribution in [0.1, 0.15) is 12.5 Å². The van der Waals surface area contributed by atoms with E-state index in [1.807, 2.05) is 61.8 Å². The Balaban J connectivity index is 0.00000220. The molecule has 2 aromatic rings. The van der Waals surface area contributed by atoms with Crippen LogP contribution in [0, 0.1) is 0 Å². The SMILES string of the molecule is C/C(=N/NC(=O)C[n+]1ccccc1)c1cccc(Br)c1.[Cl-]. The molecular weight excluding hydrogens is 354 g/mol. The summed E-state index contributed by atoms with van der Waals surface area (Å²) in [6.45, 7) is 2.10. The average Bonchev–Trinajstić information content (AvgIpc) is 2.46. The van der Waals surface area contributed by atoms with Gasteiger partial charge in [0.25, 0.3) is 0 Å². The second kappa shape index (κ2) is 8.54. The van der Waals surface area contributed by atoms with Crippen molar-refractivity contribution < 1.29 is 21.8 Å². The normalized spacial score (nSPS) is 10.7. The molecule has 0 aliphatic heterocycles. The van der Waals surface area contributed by atoms with Gasteiger partial charge in [-0.05, 0) is 24.6 Å². The van der Waals surface area contributed by atoms with Crippen LogP contribution in [0.25, 0.3) is 0 Å². The Morgan fingerprint density at radius 3 is 2.62 bits per heavy atom. The predicted molar refractivity (Wildman–Crippen MR) is 81.1 cm³/mol. The molecule has 0 aliphatic carbocycles. The van der Waals surface area contributed by atoms with Crippen molar-refractivity contribution in [1.82, 2.24) is 5.43 Å². The highest BCUT2D eigenvalue weighted by Crippen LogP contribution is 2.12. The maximum Gasteiger partial charge on any atom is 0.305 e. The van der Waals surface area contributed by atoms with E-state index < -0.39 is 0 Å². The molecule has 6 heteroatoms. The fraction of sp³-hybridized carbons (Fsp3) is 0.133. The Kier molecular flexibility index (Phi) is 7.05. The van der Waals surface area contributed by atoms with E-state index in [9.17, 15) is 4.79 Å². The first-order valence-corrected chi connectivity index (χ1v) is 6.97. The van der Waals surface area contributed by atoms with Gasteiger partial charge in [-0.3, -0.25) is 4.79 Å². The molecule has 1 N–H and O–H groups in total. The topological polar surface area (TPSA) is 45.3 Å². The highest BCUT2D eigenvalue weighted by molar-refractivity contribution is 9.10. The van der Waals surface area contributed by atoms with Gasteiger partial charge in [-0.25, -0.2) is 5.43 Å². The molecule has 110 valence electrons. The smallest absolute Gasteiger partial charge is 0.305 e. The third-order valence-corrected chi connectivity index (χ3v) is 3.19. The largest absolute Gasteiger partial charge is 1.00 e. The van der Waals surface area contributed by atoms with Crippen LogP contribution in [-0.2, 0) is 11.3 Å². The van der Waals surface area contributed by atoms with Gasteiger partial charge in [0.15, 0.2) is 12.4 Å². The molecule has 2 rings (SSSR count). The van der Waals surface area contributed by atoms with Gasteiger partial charge in [0.05, 0.1) is 5.71 Å². The maximum atomic E-state index is 11.8. The molecule has 0 spiro atoms. The van der Waals surface area contributed by atoms with Gasteiger partial charge in [-0.15, -0.1) is 0 Å². The molecule has 21 heavy (non-hydrogen) atoms. The van der Waals surface area contributed by atoms with E-state index in [0.717, 1.165) is 15.7 Å². The van der Waals surface area contributed by atoms with Crippen LogP contribution < -0.4 is 22.4 Å². The van der Waals surface area contributed by atoms with Gasteiger partial charge < -0.3 is 12.4 Å². The van der Waals surface area contributed by atoms with E-state index in [0.29, 0.717) is 0 Å². The van der Waals surface area contributed by atoms with E-state index in [4.69, 9.17) is 0 Å². The zero-order valence-corrected chi connectivity index (χ0v) is 13.8. The molecule has 0 unspecified atom stereocenters. The summed E-state index contributed by atoms with van der Waals surface area (Å²) in [7, 11) is 0. The maximum absolute atomic E-state index is 11.8. The fourth-order valence-electron chi connectivity index (χ4n) is 1.67. The van der Waals surface area contributed by atoms with Crippen LogP contribution in [0.2, 0.25) is 0 Å². The Morgan fingerprint density at radius 2 is 1.95 bits per heavy atom. The molecule has 4 nitrogen and oxygen atoms in total. The van der Waals surface area contributed by atoms with Gasteiger partial charge >= 0.3 is 5.91 Å².